The molecule has 0 radical (unpaired) electrons. The van der Waals surface area contributed by atoms with Crippen LogP contribution in [0.5, 0.6) is 5.75 Å². The van der Waals surface area contributed by atoms with E-state index in [1.54, 1.807) is 0 Å². The van der Waals surface area contributed by atoms with Crippen molar-refractivity contribution in [2.24, 2.45) is 5.73 Å². The van der Waals surface area contributed by atoms with Crippen molar-refractivity contribution in [3.8, 4) is 16.9 Å². The van der Waals surface area contributed by atoms with Gasteiger partial charge in [-0.1, -0.05) is 30.3 Å². The predicted octanol–water partition coefficient (Wildman–Crippen LogP) is 4.34. The maximum atomic E-state index is 12.9. The lowest BCUT2D eigenvalue weighted by Crippen LogP contribution is -2.53. The second-order valence-electron chi connectivity index (χ2n) is 11.4. The molecule has 0 aliphatic carbocycles. The Morgan fingerprint density at radius 3 is 2.31 bits per heavy atom. The lowest BCUT2D eigenvalue weighted by molar-refractivity contribution is -0.119. The second-order valence-corrected chi connectivity index (χ2v) is 13.9. The minimum atomic E-state index is -3.82. The van der Waals surface area contributed by atoms with Crippen LogP contribution in [0.1, 0.15) is 64.5 Å². The van der Waals surface area contributed by atoms with E-state index in [2.05, 4.69) is 30.4 Å². The molecule has 2 amide bonds. The van der Waals surface area contributed by atoms with E-state index in [1.165, 1.54) is 23.7 Å². The molecule has 1 aliphatic heterocycles. The van der Waals surface area contributed by atoms with Crippen molar-refractivity contribution in [3.63, 3.8) is 0 Å². The number of hydrogen-bond donors (Lipinski definition) is 2. The lowest BCUT2D eigenvalue weighted by Gasteiger charge is -2.35. The van der Waals surface area contributed by atoms with Crippen LogP contribution >= 0.6 is 0 Å². The Morgan fingerprint density at radius 1 is 1.05 bits per heavy atom. The number of amides is 2. The van der Waals surface area contributed by atoms with E-state index in [0.29, 0.717) is 44.8 Å². The number of ether oxygens (including phenoxy) is 2. The minimum Gasteiger partial charge on any atom is -0.492 e. The molecular formula is C29H41N3O6S. The Labute approximate surface area is 232 Å². The average molecular weight is 560 g/mol. The summed E-state index contributed by atoms with van der Waals surface area (Å²) < 4.78 is 36.7. The molecular weight excluding hydrogens is 518 g/mol. The summed E-state index contributed by atoms with van der Waals surface area (Å²) in [5, 5.41) is 2.68. The molecule has 1 aliphatic rings. The molecule has 0 unspecified atom stereocenters. The molecule has 0 bridgehead atoms. The summed E-state index contributed by atoms with van der Waals surface area (Å²) >= 11 is 0. The van der Waals surface area contributed by atoms with Gasteiger partial charge in [0.1, 0.15) is 18.0 Å². The van der Waals surface area contributed by atoms with E-state index in [0.717, 1.165) is 16.7 Å². The zero-order valence-corrected chi connectivity index (χ0v) is 24.6. The van der Waals surface area contributed by atoms with Crippen molar-refractivity contribution >= 4 is 22.0 Å². The highest BCUT2D eigenvalue weighted by molar-refractivity contribution is 7.91. The number of rotatable bonds is 9. The fourth-order valence-corrected chi connectivity index (χ4v) is 6.12. The number of nitrogens with zero attached hydrogens (tertiary/aromatic N) is 1. The molecule has 3 N–H and O–H groups in total. The number of piperidine rings is 1. The Kier molecular flexibility index (Phi) is 9.33. The maximum Gasteiger partial charge on any atom is 0.407 e. The Bertz CT molecular complexity index is 1290. The summed E-state index contributed by atoms with van der Waals surface area (Å²) in [5.41, 5.74) is 9.19. The number of nitrogens with one attached hydrogen (secondary N) is 1. The summed E-state index contributed by atoms with van der Waals surface area (Å²) in [5.74, 6) is 0.0882. The number of alkyl carbamates (subject to hydrolysis) is 1. The van der Waals surface area contributed by atoms with Gasteiger partial charge >= 0.3 is 6.09 Å². The highest BCUT2D eigenvalue weighted by Crippen LogP contribution is 2.35. The van der Waals surface area contributed by atoms with Crippen molar-refractivity contribution in [3.05, 3.63) is 53.6 Å². The first kappa shape index (κ1) is 30.4. The molecule has 214 valence electrons. The molecule has 2 aromatic carbocycles. The smallest absolute Gasteiger partial charge is 0.407 e. The number of aryl methyl sites for hydroxylation is 1. The molecule has 10 heteroatoms. The van der Waals surface area contributed by atoms with Gasteiger partial charge in [0, 0.05) is 13.1 Å². The van der Waals surface area contributed by atoms with Gasteiger partial charge in [0.15, 0.2) is 4.75 Å². The molecule has 9 nitrogen and oxygen atoms in total. The molecule has 0 spiro atoms. The number of nitrogens with two attached hydrogens (primary N) is 1. The van der Waals surface area contributed by atoms with E-state index >= 15 is 0 Å². The van der Waals surface area contributed by atoms with Gasteiger partial charge < -0.3 is 20.5 Å². The van der Waals surface area contributed by atoms with Crippen LogP contribution in [0.25, 0.3) is 11.1 Å². The van der Waals surface area contributed by atoms with Gasteiger partial charge in [0.25, 0.3) is 0 Å². The van der Waals surface area contributed by atoms with Gasteiger partial charge in [-0.05, 0) is 94.7 Å². The standard InChI is InChI=1S/C29H41N3O6S/c1-20-18-22(21-12-15-32(16-13-21)39(35,36)29(5,6)26(30)33)10-11-25(20)23-8-7-9-24(19-23)37-17-14-31-27(34)38-28(2,3)4/h7-11,18-19,21H,12-17H2,1-6H3,(H2,30,33)(H,31,34). The minimum absolute atomic E-state index is 0.230. The Balaban J connectivity index is 1.60. The van der Waals surface area contributed by atoms with Crippen molar-refractivity contribution in [1.82, 2.24) is 9.62 Å². The fraction of sp³-hybridized carbons (Fsp3) is 0.517. The summed E-state index contributed by atoms with van der Waals surface area (Å²) in [6.45, 7) is 11.6. The van der Waals surface area contributed by atoms with Crippen LogP contribution in [0.15, 0.2) is 42.5 Å². The molecule has 3 rings (SSSR count). The monoisotopic (exact) mass is 559 g/mol. The Morgan fingerprint density at radius 2 is 1.72 bits per heavy atom. The van der Waals surface area contributed by atoms with E-state index in [4.69, 9.17) is 15.2 Å². The SMILES string of the molecule is Cc1cc(C2CCN(S(=O)(=O)C(C)(C)C(N)=O)CC2)ccc1-c1cccc(OCCNC(=O)OC(C)(C)C)c1. The van der Waals surface area contributed by atoms with Crippen molar-refractivity contribution in [2.45, 2.75) is 70.7 Å². The van der Waals surface area contributed by atoms with E-state index in [1.807, 2.05) is 45.0 Å². The van der Waals surface area contributed by atoms with Crippen LogP contribution in [-0.2, 0) is 19.6 Å². The summed E-state index contributed by atoms with van der Waals surface area (Å²) in [6, 6.07) is 14.2. The molecule has 1 saturated heterocycles. The first-order chi connectivity index (χ1) is 18.1. The highest BCUT2D eigenvalue weighted by atomic mass is 32.2. The van der Waals surface area contributed by atoms with Gasteiger partial charge in [0.2, 0.25) is 15.9 Å². The normalized spacial score (nSPS) is 15.5. The van der Waals surface area contributed by atoms with Crippen LogP contribution in [0.4, 0.5) is 4.79 Å². The zero-order chi connectivity index (χ0) is 29.0. The molecule has 1 heterocycles. The number of benzene rings is 2. The largest absolute Gasteiger partial charge is 0.492 e. The number of carbonyl (C=O) groups excluding carboxylic acids is 2. The average Bonchev–Trinajstić information content (AvgIpc) is 2.85. The van der Waals surface area contributed by atoms with Gasteiger partial charge in [-0.2, -0.15) is 0 Å². The van der Waals surface area contributed by atoms with Crippen molar-refractivity contribution in [1.29, 1.82) is 0 Å². The van der Waals surface area contributed by atoms with Gasteiger partial charge in [-0.15, -0.1) is 0 Å². The quantitative estimate of drug-likeness (QED) is 0.440. The zero-order valence-electron chi connectivity index (χ0n) is 23.7. The molecule has 2 aromatic rings. The molecule has 0 saturated carbocycles. The second kappa shape index (κ2) is 12.0. The maximum absolute atomic E-state index is 12.9. The van der Waals surface area contributed by atoms with E-state index in [-0.39, 0.29) is 5.92 Å². The summed E-state index contributed by atoms with van der Waals surface area (Å²) in [6.07, 6.45) is 0.874. The van der Waals surface area contributed by atoms with E-state index in [9.17, 15) is 18.0 Å². The van der Waals surface area contributed by atoms with Crippen LogP contribution < -0.4 is 15.8 Å². The Hall–Kier alpha value is -3.11. The predicted molar refractivity (Wildman–Crippen MR) is 152 cm³/mol. The van der Waals surface area contributed by atoms with Crippen LogP contribution in [0.2, 0.25) is 0 Å². The van der Waals surface area contributed by atoms with Crippen LogP contribution in [0, 0.1) is 6.92 Å². The molecule has 1 fully saturated rings. The molecule has 39 heavy (non-hydrogen) atoms. The summed E-state index contributed by atoms with van der Waals surface area (Å²) in [4.78, 5) is 23.5. The van der Waals surface area contributed by atoms with Crippen molar-refractivity contribution in [2.75, 3.05) is 26.2 Å². The third-order valence-electron chi connectivity index (χ3n) is 6.94. The number of carbonyl (C=O) groups is 2. The third-order valence-corrected chi connectivity index (χ3v) is 9.47. The first-order valence-electron chi connectivity index (χ1n) is 13.2. The van der Waals surface area contributed by atoms with Crippen molar-refractivity contribution < 1.29 is 27.5 Å². The molecule has 0 aromatic heterocycles. The van der Waals surface area contributed by atoms with E-state index < -0.39 is 32.4 Å². The van der Waals surface area contributed by atoms with Gasteiger partial charge in [-0.25, -0.2) is 17.5 Å². The summed E-state index contributed by atoms with van der Waals surface area (Å²) in [7, 11) is -3.82. The number of primary amides is 1. The van der Waals surface area contributed by atoms with Crippen LogP contribution in [-0.4, -0.2) is 61.3 Å². The topological polar surface area (TPSA) is 128 Å². The highest BCUT2D eigenvalue weighted by Gasteiger charge is 2.45. The fourth-order valence-electron chi connectivity index (χ4n) is 4.53. The number of hydrogen-bond acceptors (Lipinski definition) is 6. The van der Waals surface area contributed by atoms with Gasteiger partial charge in [-0.3, -0.25) is 4.79 Å². The third kappa shape index (κ3) is 7.51. The van der Waals surface area contributed by atoms with Gasteiger partial charge in [0.05, 0.1) is 6.54 Å². The first-order valence-corrected chi connectivity index (χ1v) is 14.7. The van der Waals surface area contributed by atoms with Crippen LogP contribution in [0.3, 0.4) is 0 Å². The molecule has 0 atom stereocenters. The number of sulfonamides is 1. The lowest BCUT2D eigenvalue weighted by atomic mass is 9.87.